The number of para-hydroxylation sites is 1. The number of ether oxygens (including phenoxy) is 1. The topological polar surface area (TPSA) is 48.3 Å². The van der Waals surface area contributed by atoms with Gasteiger partial charge >= 0.3 is 0 Å². The summed E-state index contributed by atoms with van der Waals surface area (Å²) in [7, 11) is 0. The van der Waals surface area contributed by atoms with E-state index in [2.05, 4.69) is 41.2 Å². The van der Waals surface area contributed by atoms with Crippen molar-refractivity contribution >= 4 is 11.9 Å². The molecule has 25 heavy (non-hydrogen) atoms. The first-order valence-corrected chi connectivity index (χ1v) is 8.72. The summed E-state index contributed by atoms with van der Waals surface area (Å²) in [6.07, 6.45) is 1.71. The van der Waals surface area contributed by atoms with Crippen LogP contribution in [0.5, 0.6) is 11.5 Å². The summed E-state index contributed by atoms with van der Waals surface area (Å²) in [6.45, 7) is 8.11. The number of aryl methyl sites for hydroxylation is 1. The molecule has 1 aliphatic heterocycles. The normalized spacial score (nSPS) is 15.0. The Kier molecular flexibility index (Phi) is 5.43. The molecule has 132 valence electrons. The first-order valence-electron chi connectivity index (χ1n) is 8.72. The predicted molar refractivity (Wildman–Crippen MR) is 102 cm³/mol. The summed E-state index contributed by atoms with van der Waals surface area (Å²) in [5.74, 6) is 0.641. The minimum absolute atomic E-state index is 0.145. The molecular formula is C20H25N3O2. The van der Waals surface area contributed by atoms with E-state index in [0.29, 0.717) is 17.9 Å². The quantitative estimate of drug-likeness (QED) is 0.850. The molecule has 5 nitrogen and oxygen atoms in total. The van der Waals surface area contributed by atoms with Crippen molar-refractivity contribution in [2.24, 2.45) is 5.10 Å². The molecule has 1 aliphatic rings. The van der Waals surface area contributed by atoms with Gasteiger partial charge in [0.15, 0.2) is 11.5 Å². The molecule has 0 atom stereocenters. The lowest BCUT2D eigenvalue weighted by Gasteiger charge is -2.34. The molecule has 0 bridgehead atoms. The molecular weight excluding hydrogens is 314 g/mol. The number of nitrogens with zero attached hydrogens (tertiary/aromatic N) is 3. The lowest BCUT2D eigenvalue weighted by molar-refractivity contribution is 0.272. The summed E-state index contributed by atoms with van der Waals surface area (Å²) in [5.41, 5.74) is 3.21. The number of benzene rings is 2. The van der Waals surface area contributed by atoms with Gasteiger partial charge in [-0.05, 0) is 38.1 Å². The third-order valence-electron chi connectivity index (χ3n) is 4.35. The van der Waals surface area contributed by atoms with Crippen LogP contribution in [-0.4, -0.2) is 49.1 Å². The maximum absolute atomic E-state index is 10.2. The van der Waals surface area contributed by atoms with Gasteiger partial charge in [-0.3, -0.25) is 5.01 Å². The lowest BCUT2D eigenvalue weighted by Crippen LogP contribution is -2.44. The van der Waals surface area contributed by atoms with Gasteiger partial charge in [0.25, 0.3) is 0 Å². The maximum Gasteiger partial charge on any atom is 0.166 e. The van der Waals surface area contributed by atoms with E-state index < -0.39 is 0 Å². The Balaban J connectivity index is 1.59. The SMILES string of the molecule is CCOc1cccc(/C=N\N2CCN(c3ccc(C)cc3)CC2)c1O. The van der Waals surface area contributed by atoms with E-state index in [9.17, 15) is 5.11 Å². The van der Waals surface area contributed by atoms with E-state index in [-0.39, 0.29) is 5.75 Å². The zero-order chi connectivity index (χ0) is 17.6. The molecule has 0 unspecified atom stereocenters. The van der Waals surface area contributed by atoms with Crippen LogP contribution in [0.25, 0.3) is 0 Å². The van der Waals surface area contributed by atoms with Crippen LogP contribution in [0.2, 0.25) is 0 Å². The van der Waals surface area contributed by atoms with E-state index in [4.69, 9.17) is 4.74 Å². The van der Waals surface area contributed by atoms with Crippen molar-refractivity contribution in [1.82, 2.24) is 5.01 Å². The minimum atomic E-state index is 0.145. The van der Waals surface area contributed by atoms with Crippen molar-refractivity contribution < 1.29 is 9.84 Å². The fraction of sp³-hybridized carbons (Fsp3) is 0.350. The Morgan fingerprint density at radius 3 is 2.48 bits per heavy atom. The summed E-state index contributed by atoms with van der Waals surface area (Å²) in [5, 5.41) is 16.8. The Hall–Kier alpha value is -2.69. The van der Waals surface area contributed by atoms with Crippen molar-refractivity contribution in [3.8, 4) is 11.5 Å². The Morgan fingerprint density at radius 1 is 1.08 bits per heavy atom. The zero-order valence-corrected chi connectivity index (χ0v) is 14.9. The van der Waals surface area contributed by atoms with E-state index in [1.165, 1.54) is 11.3 Å². The number of hydrogen-bond donors (Lipinski definition) is 1. The van der Waals surface area contributed by atoms with Gasteiger partial charge in [0.05, 0.1) is 25.9 Å². The largest absolute Gasteiger partial charge is 0.504 e. The molecule has 0 amide bonds. The first kappa shape index (κ1) is 17.1. The predicted octanol–water partition coefficient (Wildman–Crippen LogP) is 3.26. The third kappa shape index (κ3) is 4.24. The van der Waals surface area contributed by atoms with Crippen LogP contribution in [0.4, 0.5) is 5.69 Å². The molecule has 5 heteroatoms. The highest BCUT2D eigenvalue weighted by atomic mass is 16.5. The molecule has 3 rings (SSSR count). The lowest BCUT2D eigenvalue weighted by atomic mass is 10.2. The van der Waals surface area contributed by atoms with Crippen molar-refractivity contribution in [1.29, 1.82) is 0 Å². The number of piperazine rings is 1. The second-order valence-electron chi connectivity index (χ2n) is 6.15. The van der Waals surface area contributed by atoms with Crippen LogP contribution >= 0.6 is 0 Å². The average molecular weight is 339 g/mol. The van der Waals surface area contributed by atoms with Crippen LogP contribution in [0, 0.1) is 6.92 Å². The molecule has 0 aromatic heterocycles. The standard InChI is InChI=1S/C20H25N3O2/c1-3-25-19-6-4-5-17(20(19)24)15-21-23-13-11-22(12-14-23)18-9-7-16(2)8-10-18/h4-10,15,24H,3,11-14H2,1-2H3/b21-15-. The van der Waals surface area contributed by atoms with E-state index >= 15 is 0 Å². The first-order chi connectivity index (χ1) is 12.2. The van der Waals surface area contributed by atoms with Gasteiger partial charge < -0.3 is 14.7 Å². The van der Waals surface area contributed by atoms with Crippen LogP contribution in [0.3, 0.4) is 0 Å². The van der Waals surface area contributed by atoms with Crippen LogP contribution < -0.4 is 9.64 Å². The summed E-state index contributed by atoms with van der Waals surface area (Å²) >= 11 is 0. The molecule has 0 saturated carbocycles. The van der Waals surface area contributed by atoms with Crippen molar-refractivity contribution in [2.75, 3.05) is 37.7 Å². The Bertz CT molecular complexity index is 720. The Labute approximate surface area is 149 Å². The zero-order valence-electron chi connectivity index (χ0n) is 14.9. The van der Waals surface area contributed by atoms with Crippen LogP contribution in [-0.2, 0) is 0 Å². The summed E-state index contributed by atoms with van der Waals surface area (Å²) in [4.78, 5) is 2.37. The van der Waals surface area contributed by atoms with Gasteiger partial charge in [-0.15, -0.1) is 0 Å². The van der Waals surface area contributed by atoms with Gasteiger partial charge in [-0.25, -0.2) is 0 Å². The summed E-state index contributed by atoms with van der Waals surface area (Å²) in [6, 6.07) is 14.1. The number of hydrazone groups is 1. The maximum atomic E-state index is 10.2. The van der Waals surface area contributed by atoms with Crippen molar-refractivity contribution in [2.45, 2.75) is 13.8 Å². The van der Waals surface area contributed by atoms with Crippen molar-refractivity contribution in [3.05, 3.63) is 53.6 Å². The average Bonchev–Trinajstić information content (AvgIpc) is 2.64. The highest BCUT2D eigenvalue weighted by Gasteiger charge is 2.15. The number of hydrogen-bond acceptors (Lipinski definition) is 5. The van der Waals surface area contributed by atoms with Gasteiger partial charge in [-0.2, -0.15) is 5.10 Å². The van der Waals surface area contributed by atoms with Gasteiger partial charge in [0, 0.05) is 24.3 Å². The minimum Gasteiger partial charge on any atom is -0.504 e. The molecule has 1 heterocycles. The number of rotatable bonds is 5. The molecule has 1 saturated heterocycles. The number of aromatic hydroxyl groups is 1. The smallest absolute Gasteiger partial charge is 0.166 e. The molecule has 0 radical (unpaired) electrons. The molecule has 1 fully saturated rings. The number of anilines is 1. The monoisotopic (exact) mass is 339 g/mol. The van der Waals surface area contributed by atoms with Crippen molar-refractivity contribution in [3.63, 3.8) is 0 Å². The van der Waals surface area contributed by atoms with E-state index in [1.54, 1.807) is 12.3 Å². The van der Waals surface area contributed by atoms with Gasteiger partial charge in [0.2, 0.25) is 0 Å². The van der Waals surface area contributed by atoms with Gasteiger partial charge in [-0.1, -0.05) is 23.8 Å². The fourth-order valence-corrected chi connectivity index (χ4v) is 2.88. The molecule has 0 spiro atoms. The molecule has 2 aromatic carbocycles. The van der Waals surface area contributed by atoms with Crippen LogP contribution in [0.15, 0.2) is 47.6 Å². The molecule has 0 aliphatic carbocycles. The highest BCUT2D eigenvalue weighted by molar-refractivity contribution is 5.84. The van der Waals surface area contributed by atoms with E-state index in [1.807, 2.05) is 24.1 Å². The number of phenols is 1. The van der Waals surface area contributed by atoms with Gasteiger partial charge in [0.1, 0.15) is 0 Å². The van der Waals surface area contributed by atoms with Crippen LogP contribution in [0.1, 0.15) is 18.1 Å². The summed E-state index contributed by atoms with van der Waals surface area (Å²) < 4.78 is 5.41. The number of phenolic OH excluding ortho intramolecular Hbond substituents is 1. The highest BCUT2D eigenvalue weighted by Crippen LogP contribution is 2.28. The second kappa shape index (κ2) is 7.92. The molecule has 1 N–H and O–H groups in total. The second-order valence-corrected chi connectivity index (χ2v) is 6.15. The third-order valence-corrected chi connectivity index (χ3v) is 4.35. The fourth-order valence-electron chi connectivity index (χ4n) is 2.88. The van der Waals surface area contributed by atoms with E-state index in [0.717, 1.165) is 26.2 Å². The Morgan fingerprint density at radius 2 is 1.80 bits per heavy atom. The molecule has 2 aromatic rings.